The van der Waals surface area contributed by atoms with Gasteiger partial charge in [-0.05, 0) is 61.1 Å². The molecule has 2 bridgehead atoms. The van der Waals surface area contributed by atoms with E-state index >= 15 is 8.78 Å². The van der Waals surface area contributed by atoms with Crippen LogP contribution in [0.25, 0.3) is 28.0 Å². The molecule has 0 aliphatic carbocycles. The maximum atomic E-state index is 16.1. The fourth-order valence-electron chi connectivity index (χ4n) is 6.27. The van der Waals surface area contributed by atoms with E-state index in [1.54, 1.807) is 17.0 Å². The number of pyridine rings is 1. The van der Waals surface area contributed by atoms with Crippen molar-refractivity contribution in [2.75, 3.05) is 36.4 Å². The van der Waals surface area contributed by atoms with Crippen LogP contribution < -0.4 is 15.9 Å². The average molecular weight is 585 g/mol. The van der Waals surface area contributed by atoms with Crippen molar-refractivity contribution in [1.29, 1.82) is 0 Å². The molecule has 2 aromatic heterocycles. The Balaban J connectivity index is 1.68. The van der Waals surface area contributed by atoms with Gasteiger partial charge >= 0.3 is 5.69 Å². The molecule has 1 saturated heterocycles. The number of anilines is 2. The van der Waals surface area contributed by atoms with Crippen LogP contribution in [-0.2, 0) is 11.2 Å². The Morgan fingerprint density at radius 2 is 1.91 bits per heavy atom. The van der Waals surface area contributed by atoms with E-state index in [2.05, 4.69) is 30.7 Å². The standard InChI is InChI=1S/C33H34F2N6O2/c1-5-27(42)39-15-16-40(20(4)18-39)31-23-17-25(35)29-28-24(34)12-7-13-26(28)36-14-8-10-21-9-6-11-22(19(2)3)30(21)41(32(23)37-29)33(43)38-31/h5-7,9,11-13,17,19-20,36H,1,8,10,14-16,18H2,2-4H3. The Kier molecular flexibility index (Phi) is 7.45. The van der Waals surface area contributed by atoms with Gasteiger partial charge in [-0.25, -0.2) is 23.1 Å². The summed E-state index contributed by atoms with van der Waals surface area (Å²) in [7, 11) is 0. The zero-order valence-electron chi connectivity index (χ0n) is 24.5. The average Bonchev–Trinajstić information content (AvgIpc) is 2.98. The number of carbonyl (C=O) groups excluding carboxylic acids is 1. The van der Waals surface area contributed by atoms with Crippen molar-refractivity contribution < 1.29 is 13.6 Å². The lowest BCUT2D eigenvalue weighted by molar-refractivity contribution is -0.126. The van der Waals surface area contributed by atoms with E-state index in [0.717, 1.165) is 11.1 Å². The van der Waals surface area contributed by atoms with E-state index < -0.39 is 17.3 Å². The third-order valence-corrected chi connectivity index (χ3v) is 8.37. The predicted octanol–water partition coefficient (Wildman–Crippen LogP) is 5.43. The predicted molar refractivity (Wildman–Crippen MR) is 165 cm³/mol. The maximum absolute atomic E-state index is 16.1. The van der Waals surface area contributed by atoms with E-state index in [4.69, 9.17) is 4.98 Å². The summed E-state index contributed by atoms with van der Waals surface area (Å²) in [6.45, 7) is 11.3. The molecule has 1 amide bonds. The highest BCUT2D eigenvalue weighted by molar-refractivity contribution is 5.92. The van der Waals surface area contributed by atoms with Crippen molar-refractivity contribution in [2.24, 2.45) is 0 Å². The summed E-state index contributed by atoms with van der Waals surface area (Å²) in [4.78, 5) is 39.4. The van der Waals surface area contributed by atoms with Crippen LogP contribution in [0.3, 0.4) is 0 Å². The van der Waals surface area contributed by atoms with Gasteiger partial charge in [0.15, 0.2) is 11.5 Å². The van der Waals surface area contributed by atoms with Gasteiger partial charge in [-0.2, -0.15) is 4.98 Å². The lowest BCUT2D eigenvalue weighted by atomic mass is 9.95. The van der Waals surface area contributed by atoms with Gasteiger partial charge in [0.1, 0.15) is 17.3 Å². The first-order chi connectivity index (χ1) is 20.7. The second-order valence-electron chi connectivity index (χ2n) is 11.5. The Morgan fingerprint density at radius 1 is 1.12 bits per heavy atom. The van der Waals surface area contributed by atoms with Crippen LogP contribution in [0.15, 0.2) is 59.9 Å². The number of halogens is 2. The first-order valence-electron chi connectivity index (χ1n) is 14.7. The first-order valence-corrected chi connectivity index (χ1v) is 14.7. The van der Waals surface area contributed by atoms with Crippen molar-refractivity contribution in [1.82, 2.24) is 19.4 Å². The number of aromatic nitrogens is 3. The molecule has 10 heteroatoms. The van der Waals surface area contributed by atoms with Gasteiger partial charge in [-0.15, -0.1) is 0 Å². The van der Waals surface area contributed by atoms with E-state index in [-0.39, 0.29) is 40.6 Å². The van der Waals surface area contributed by atoms with Gasteiger partial charge in [0.2, 0.25) is 5.91 Å². The molecule has 1 fully saturated rings. The number of aryl methyl sites for hydroxylation is 1. The third-order valence-electron chi connectivity index (χ3n) is 8.37. The lowest BCUT2D eigenvalue weighted by Crippen LogP contribution is -2.54. The molecule has 8 nitrogen and oxygen atoms in total. The first kappa shape index (κ1) is 28.5. The molecular weight excluding hydrogens is 550 g/mol. The van der Waals surface area contributed by atoms with Gasteiger partial charge < -0.3 is 15.1 Å². The maximum Gasteiger partial charge on any atom is 0.355 e. The van der Waals surface area contributed by atoms with Crippen molar-refractivity contribution in [3.63, 3.8) is 0 Å². The number of nitrogens with zero attached hydrogens (tertiary/aromatic N) is 5. The van der Waals surface area contributed by atoms with Crippen LogP contribution in [0, 0.1) is 11.6 Å². The van der Waals surface area contributed by atoms with Crippen molar-refractivity contribution in [3.8, 4) is 16.9 Å². The molecule has 0 spiro atoms. The molecule has 2 aliphatic heterocycles. The minimum absolute atomic E-state index is 0.0159. The summed E-state index contributed by atoms with van der Waals surface area (Å²) in [5.41, 5.74) is 2.48. The van der Waals surface area contributed by atoms with Crippen molar-refractivity contribution in [2.45, 2.75) is 45.6 Å². The number of nitrogens with one attached hydrogen (secondary N) is 1. The minimum Gasteiger partial charge on any atom is -0.384 e. The number of fused-ring (bicyclic) bond motifs is 5. The number of piperazine rings is 1. The number of hydrogen-bond donors (Lipinski definition) is 1. The van der Waals surface area contributed by atoms with Crippen LogP contribution in [0.2, 0.25) is 0 Å². The van der Waals surface area contributed by atoms with Crippen molar-refractivity contribution >= 4 is 28.4 Å². The number of para-hydroxylation sites is 1. The van der Waals surface area contributed by atoms with Gasteiger partial charge in [0.25, 0.3) is 0 Å². The Bertz CT molecular complexity index is 1820. The normalized spacial score (nSPS) is 16.7. The molecule has 4 aromatic rings. The van der Waals surface area contributed by atoms with Gasteiger partial charge in [0, 0.05) is 37.9 Å². The molecule has 1 N–H and O–H groups in total. The highest BCUT2D eigenvalue weighted by Gasteiger charge is 2.31. The number of amides is 1. The van der Waals surface area contributed by atoms with Crippen LogP contribution >= 0.6 is 0 Å². The summed E-state index contributed by atoms with van der Waals surface area (Å²) in [5, 5.41) is 3.61. The van der Waals surface area contributed by atoms with Gasteiger partial charge in [-0.3, -0.25) is 4.79 Å². The Labute approximate surface area is 248 Å². The zero-order valence-corrected chi connectivity index (χ0v) is 24.5. The molecule has 0 saturated carbocycles. The third kappa shape index (κ3) is 4.94. The molecule has 4 heterocycles. The van der Waals surface area contributed by atoms with E-state index in [0.29, 0.717) is 55.8 Å². The van der Waals surface area contributed by atoms with Crippen molar-refractivity contribution in [3.05, 3.63) is 88.4 Å². The molecule has 2 aromatic carbocycles. The fraction of sp³-hybridized carbons (Fsp3) is 0.333. The molecule has 1 unspecified atom stereocenters. The summed E-state index contributed by atoms with van der Waals surface area (Å²) >= 11 is 0. The topological polar surface area (TPSA) is 83.4 Å². The van der Waals surface area contributed by atoms with E-state index in [1.165, 1.54) is 22.8 Å². The molecule has 0 radical (unpaired) electrons. The summed E-state index contributed by atoms with van der Waals surface area (Å²) in [6.07, 6.45) is 2.62. The zero-order chi connectivity index (χ0) is 30.4. The largest absolute Gasteiger partial charge is 0.384 e. The van der Waals surface area contributed by atoms with Crippen LogP contribution in [-0.4, -0.2) is 57.6 Å². The smallest absolute Gasteiger partial charge is 0.355 e. The number of benzene rings is 2. The molecule has 6 rings (SSSR count). The Hall–Kier alpha value is -4.60. The SMILES string of the molecule is C=CC(=O)N1CCN(c2nc(=O)n3c4nc(c(F)cc24)-c2c(F)cccc2NCCCc2cccc(C(C)C)c2-3)C(C)C1. The fourth-order valence-corrected chi connectivity index (χ4v) is 6.27. The highest BCUT2D eigenvalue weighted by Crippen LogP contribution is 2.37. The highest BCUT2D eigenvalue weighted by atomic mass is 19.1. The summed E-state index contributed by atoms with van der Waals surface area (Å²) in [6, 6.07) is 11.6. The molecular formula is C33H34F2N6O2. The van der Waals surface area contributed by atoms with Crippen LogP contribution in [0.4, 0.5) is 20.3 Å². The lowest BCUT2D eigenvalue weighted by Gasteiger charge is -2.40. The van der Waals surface area contributed by atoms with E-state index in [1.807, 2.05) is 30.0 Å². The number of carbonyl (C=O) groups is 1. The van der Waals surface area contributed by atoms with E-state index in [9.17, 15) is 9.59 Å². The quantitative estimate of drug-likeness (QED) is 0.324. The van der Waals surface area contributed by atoms with Crippen LogP contribution in [0.5, 0.6) is 0 Å². The number of rotatable bonds is 3. The minimum atomic E-state index is -0.726. The molecule has 2 aliphatic rings. The second kappa shape index (κ2) is 11.2. The summed E-state index contributed by atoms with van der Waals surface area (Å²) < 4.78 is 33.0. The molecule has 43 heavy (non-hydrogen) atoms. The molecule has 1 atom stereocenters. The monoisotopic (exact) mass is 584 g/mol. The molecule has 222 valence electrons. The van der Waals surface area contributed by atoms with Gasteiger partial charge in [0.05, 0.1) is 16.6 Å². The van der Waals surface area contributed by atoms with Crippen LogP contribution in [0.1, 0.15) is 44.2 Å². The van der Waals surface area contributed by atoms with Gasteiger partial charge in [-0.1, -0.05) is 44.7 Å². The second-order valence-corrected chi connectivity index (χ2v) is 11.5. The summed E-state index contributed by atoms with van der Waals surface area (Å²) in [5.74, 6) is -1.16. The number of hydrogen-bond acceptors (Lipinski definition) is 6. The Morgan fingerprint density at radius 3 is 2.65 bits per heavy atom.